The number of nitrogens with zero attached hydrogens (tertiary/aromatic N) is 1. The summed E-state index contributed by atoms with van der Waals surface area (Å²) in [5.41, 5.74) is -7.00. The number of aliphatic hydroxyl groups is 1. The molecule has 0 fully saturated rings. The minimum Gasteiger partial charge on any atom is -0.493 e. The highest BCUT2D eigenvalue weighted by Gasteiger charge is 2.71. The van der Waals surface area contributed by atoms with Gasteiger partial charge in [0.15, 0.2) is 0 Å². The molecular formula is C28H28F7NO4. The number of hydrogen-bond acceptors (Lipinski definition) is 4. The van der Waals surface area contributed by atoms with Crippen molar-refractivity contribution in [2.45, 2.75) is 62.9 Å². The lowest BCUT2D eigenvalue weighted by molar-refractivity contribution is -0.376. The van der Waals surface area contributed by atoms with E-state index in [4.69, 9.17) is 4.74 Å². The van der Waals surface area contributed by atoms with Gasteiger partial charge < -0.3 is 9.84 Å². The van der Waals surface area contributed by atoms with E-state index in [1.54, 1.807) is 13.8 Å². The zero-order valence-corrected chi connectivity index (χ0v) is 21.7. The van der Waals surface area contributed by atoms with Crippen LogP contribution in [0, 0.1) is 5.82 Å². The van der Waals surface area contributed by atoms with Crippen molar-refractivity contribution >= 4 is 11.8 Å². The Balaban J connectivity index is 1.67. The summed E-state index contributed by atoms with van der Waals surface area (Å²) in [6, 6.07) is 7.49. The average molecular weight is 576 g/mol. The first kappa shape index (κ1) is 31.1. The molecule has 1 aliphatic heterocycles. The summed E-state index contributed by atoms with van der Waals surface area (Å²) in [6.45, 7) is 3.32. The summed E-state index contributed by atoms with van der Waals surface area (Å²) >= 11 is 0. The normalized spacial score (nSPS) is 18.4. The van der Waals surface area contributed by atoms with Crippen LogP contribution in [0.15, 0.2) is 54.6 Å². The van der Waals surface area contributed by atoms with Crippen molar-refractivity contribution in [3.05, 3.63) is 77.1 Å². The molecule has 0 spiro atoms. The minimum atomic E-state index is -6.00. The van der Waals surface area contributed by atoms with E-state index in [-0.39, 0.29) is 30.9 Å². The maximum atomic E-state index is 13.3. The van der Waals surface area contributed by atoms with Crippen molar-refractivity contribution in [3.8, 4) is 5.75 Å². The van der Waals surface area contributed by atoms with Crippen LogP contribution in [-0.4, -0.2) is 47.3 Å². The van der Waals surface area contributed by atoms with Crippen LogP contribution in [0.2, 0.25) is 0 Å². The molecule has 3 rings (SSSR count). The maximum absolute atomic E-state index is 13.3. The summed E-state index contributed by atoms with van der Waals surface area (Å²) in [5.74, 6) is -1.42. The zero-order valence-electron chi connectivity index (χ0n) is 21.7. The Morgan fingerprint density at radius 1 is 0.950 bits per heavy atom. The number of benzene rings is 2. The van der Waals surface area contributed by atoms with Crippen LogP contribution in [0.5, 0.6) is 5.75 Å². The SMILES string of the molecule is CCCc1cc(C(O)(C(F)(F)F)C(F)(F)F)ccc1OCCCCN1C(=O)C=CC(C)(c2ccc(F)cc2)C1=O. The third kappa shape index (κ3) is 6.01. The molecule has 5 nitrogen and oxygen atoms in total. The molecule has 0 aliphatic carbocycles. The second-order valence-electron chi connectivity index (χ2n) is 9.67. The third-order valence-electron chi connectivity index (χ3n) is 6.81. The summed E-state index contributed by atoms with van der Waals surface area (Å²) in [4.78, 5) is 26.6. The van der Waals surface area contributed by atoms with Crippen LogP contribution in [0.1, 0.15) is 49.8 Å². The molecular weight excluding hydrogens is 547 g/mol. The van der Waals surface area contributed by atoms with Crippen LogP contribution in [0.4, 0.5) is 30.7 Å². The number of alkyl halides is 6. The van der Waals surface area contributed by atoms with E-state index in [0.717, 1.165) is 11.0 Å². The largest absolute Gasteiger partial charge is 0.493 e. The number of halogens is 7. The van der Waals surface area contributed by atoms with Gasteiger partial charge in [0.05, 0.1) is 12.0 Å². The van der Waals surface area contributed by atoms with Crippen LogP contribution in [0.3, 0.4) is 0 Å². The van der Waals surface area contributed by atoms with Gasteiger partial charge in [-0.2, -0.15) is 26.3 Å². The lowest BCUT2D eigenvalue weighted by Crippen LogP contribution is -2.53. The number of ether oxygens (including phenoxy) is 1. The average Bonchev–Trinajstić information content (AvgIpc) is 2.87. The van der Waals surface area contributed by atoms with Gasteiger partial charge in [0.2, 0.25) is 5.91 Å². The molecule has 2 amide bonds. The molecule has 1 aliphatic rings. The van der Waals surface area contributed by atoms with Crippen molar-refractivity contribution < 1.29 is 50.2 Å². The van der Waals surface area contributed by atoms with Gasteiger partial charge in [-0.25, -0.2) is 4.39 Å². The van der Waals surface area contributed by atoms with E-state index in [0.29, 0.717) is 37.0 Å². The Morgan fingerprint density at radius 3 is 2.15 bits per heavy atom. The van der Waals surface area contributed by atoms with E-state index in [1.165, 1.54) is 36.4 Å². The second-order valence-corrected chi connectivity index (χ2v) is 9.67. The molecule has 0 saturated carbocycles. The molecule has 0 aromatic heterocycles. The fraction of sp³-hybridized carbons (Fsp3) is 0.429. The van der Waals surface area contributed by atoms with Gasteiger partial charge in [-0.3, -0.25) is 14.5 Å². The number of carbonyl (C=O) groups excluding carboxylic acids is 2. The number of unbranched alkanes of at least 4 members (excludes halogenated alkanes) is 1. The molecule has 0 bridgehead atoms. The Hall–Kier alpha value is -3.41. The lowest BCUT2D eigenvalue weighted by atomic mass is 9.79. The van der Waals surface area contributed by atoms with Crippen LogP contribution in [-0.2, 0) is 27.0 Å². The van der Waals surface area contributed by atoms with E-state index < -0.39 is 46.6 Å². The summed E-state index contributed by atoms with van der Waals surface area (Å²) < 4.78 is 98.7. The van der Waals surface area contributed by atoms with E-state index >= 15 is 0 Å². The summed E-state index contributed by atoms with van der Waals surface area (Å²) in [5, 5.41) is 9.70. The van der Waals surface area contributed by atoms with Crippen molar-refractivity contribution in [2.75, 3.05) is 13.2 Å². The highest BCUT2D eigenvalue weighted by molar-refractivity contribution is 6.09. The third-order valence-corrected chi connectivity index (χ3v) is 6.81. The van der Waals surface area contributed by atoms with Gasteiger partial charge >= 0.3 is 12.4 Å². The number of imide groups is 1. The first-order valence-corrected chi connectivity index (χ1v) is 12.5. The van der Waals surface area contributed by atoms with Crippen molar-refractivity contribution in [1.82, 2.24) is 4.90 Å². The molecule has 218 valence electrons. The highest BCUT2D eigenvalue weighted by Crippen LogP contribution is 2.50. The molecule has 0 radical (unpaired) electrons. The Bertz CT molecular complexity index is 1240. The second kappa shape index (κ2) is 11.6. The van der Waals surface area contributed by atoms with E-state index in [9.17, 15) is 45.4 Å². The van der Waals surface area contributed by atoms with Gasteiger partial charge in [0.25, 0.3) is 11.5 Å². The molecule has 1 heterocycles. The lowest BCUT2D eigenvalue weighted by Gasteiger charge is -2.34. The number of rotatable bonds is 10. The molecule has 1 N–H and O–H groups in total. The fourth-order valence-corrected chi connectivity index (χ4v) is 4.46. The van der Waals surface area contributed by atoms with Crippen LogP contribution in [0.25, 0.3) is 0 Å². The van der Waals surface area contributed by atoms with Gasteiger partial charge in [-0.15, -0.1) is 0 Å². The fourth-order valence-electron chi connectivity index (χ4n) is 4.46. The van der Waals surface area contributed by atoms with Gasteiger partial charge in [-0.1, -0.05) is 37.6 Å². The minimum absolute atomic E-state index is 0.000159. The maximum Gasteiger partial charge on any atom is 0.430 e. The molecule has 2 aromatic carbocycles. The number of aryl methyl sites for hydroxylation is 1. The van der Waals surface area contributed by atoms with Gasteiger partial charge in [-0.05, 0) is 61.6 Å². The van der Waals surface area contributed by atoms with Crippen molar-refractivity contribution in [3.63, 3.8) is 0 Å². The summed E-state index contributed by atoms with van der Waals surface area (Å²) in [6.07, 6.45) is -8.18. The summed E-state index contributed by atoms with van der Waals surface area (Å²) in [7, 11) is 0. The number of carbonyl (C=O) groups is 2. The number of amides is 2. The van der Waals surface area contributed by atoms with E-state index in [2.05, 4.69) is 0 Å². The first-order chi connectivity index (χ1) is 18.6. The zero-order chi connectivity index (χ0) is 29.9. The molecule has 0 saturated heterocycles. The van der Waals surface area contributed by atoms with Crippen LogP contribution >= 0.6 is 0 Å². The van der Waals surface area contributed by atoms with Gasteiger partial charge in [0, 0.05) is 18.2 Å². The highest BCUT2D eigenvalue weighted by atomic mass is 19.4. The monoisotopic (exact) mass is 575 g/mol. The quantitative estimate of drug-likeness (QED) is 0.210. The number of hydrogen-bond donors (Lipinski definition) is 1. The molecule has 40 heavy (non-hydrogen) atoms. The van der Waals surface area contributed by atoms with Gasteiger partial charge in [0.1, 0.15) is 11.6 Å². The molecule has 12 heteroatoms. The Kier molecular flexibility index (Phi) is 9.02. The van der Waals surface area contributed by atoms with E-state index in [1.807, 2.05) is 0 Å². The smallest absolute Gasteiger partial charge is 0.430 e. The van der Waals surface area contributed by atoms with Crippen molar-refractivity contribution in [2.24, 2.45) is 0 Å². The first-order valence-electron chi connectivity index (χ1n) is 12.5. The predicted octanol–water partition coefficient (Wildman–Crippen LogP) is 6.13. The standard InChI is InChI=1S/C28H28F7NO4/c1-3-6-18-17-20(26(39,27(30,31)32)28(33,34)35)9-12-22(18)40-16-5-4-15-36-23(37)13-14-25(2,24(36)38)19-7-10-21(29)11-8-19/h7-14,17,39H,3-6,15-16H2,1-2H3. The Morgan fingerprint density at radius 2 is 1.57 bits per heavy atom. The topological polar surface area (TPSA) is 66.8 Å². The molecule has 1 unspecified atom stereocenters. The predicted molar refractivity (Wildman–Crippen MR) is 131 cm³/mol. The Labute approximate surface area is 226 Å². The molecule has 2 aromatic rings. The molecule has 1 atom stereocenters. The van der Waals surface area contributed by atoms with Crippen LogP contribution < -0.4 is 4.74 Å². The van der Waals surface area contributed by atoms with Crippen molar-refractivity contribution in [1.29, 1.82) is 0 Å².